The smallest absolute Gasteiger partial charge is 0.417 e. The normalized spacial score (nSPS) is 13.6. The third kappa shape index (κ3) is 2.41. The first-order chi connectivity index (χ1) is 8.39. The van der Waals surface area contributed by atoms with Crippen molar-refractivity contribution in [1.29, 1.82) is 0 Å². The first-order valence-electron chi connectivity index (χ1n) is 5.41. The van der Waals surface area contributed by atoms with Crippen LogP contribution in [0.5, 0.6) is 0 Å². The second-order valence-electron chi connectivity index (χ2n) is 4.03. The minimum atomic E-state index is -4.40. The van der Waals surface area contributed by atoms with Crippen molar-refractivity contribution in [3.05, 3.63) is 47.7 Å². The fourth-order valence-corrected chi connectivity index (χ4v) is 1.69. The van der Waals surface area contributed by atoms with E-state index in [4.69, 9.17) is 10.2 Å². The topological polar surface area (TPSA) is 39.2 Å². The van der Waals surface area contributed by atoms with E-state index in [1.54, 1.807) is 19.1 Å². The lowest BCUT2D eigenvalue weighted by molar-refractivity contribution is -0.137. The second-order valence-corrected chi connectivity index (χ2v) is 4.03. The van der Waals surface area contributed by atoms with Crippen molar-refractivity contribution in [1.82, 2.24) is 0 Å². The largest absolute Gasteiger partial charge is 0.459 e. The molecule has 18 heavy (non-hydrogen) atoms. The molecule has 0 aliphatic carbocycles. The van der Waals surface area contributed by atoms with Crippen LogP contribution < -0.4 is 5.73 Å². The Balaban J connectivity index is 2.50. The molecule has 0 spiro atoms. The van der Waals surface area contributed by atoms with Gasteiger partial charge < -0.3 is 10.2 Å². The highest BCUT2D eigenvalue weighted by Gasteiger charge is 2.34. The number of halogens is 3. The summed E-state index contributed by atoms with van der Waals surface area (Å²) >= 11 is 0. The zero-order chi connectivity index (χ0) is 13.3. The van der Waals surface area contributed by atoms with Crippen LogP contribution in [0, 0.1) is 0 Å². The number of hydrogen-bond donors (Lipinski definition) is 1. The van der Waals surface area contributed by atoms with E-state index < -0.39 is 11.7 Å². The highest BCUT2D eigenvalue weighted by atomic mass is 19.4. The molecule has 0 fully saturated rings. The number of hydrogen-bond acceptors (Lipinski definition) is 2. The maximum absolute atomic E-state index is 12.8. The minimum Gasteiger partial charge on any atom is -0.459 e. The van der Waals surface area contributed by atoms with Crippen molar-refractivity contribution < 1.29 is 17.6 Å². The molecule has 1 aromatic heterocycles. The first-order valence-corrected chi connectivity index (χ1v) is 5.41. The number of rotatable bonds is 2. The average molecular weight is 255 g/mol. The monoisotopic (exact) mass is 255 g/mol. The standard InChI is InChI=1S/C13H12F3NO/c1-8(17)11-6-7-12(18-11)9-4-2-3-5-10(9)13(14,15)16/h2-8H,17H2,1H3. The third-order valence-electron chi connectivity index (χ3n) is 2.57. The number of benzene rings is 1. The van der Waals surface area contributed by atoms with Crippen LogP contribution in [0.1, 0.15) is 24.3 Å². The van der Waals surface area contributed by atoms with Crippen molar-refractivity contribution in [3.8, 4) is 11.3 Å². The molecule has 0 saturated carbocycles. The molecule has 0 amide bonds. The minimum absolute atomic E-state index is 0.0249. The predicted molar refractivity (Wildman–Crippen MR) is 61.7 cm³/mol. The van der Waals surface area contributed by atoms with Crippen molar-refractivity contribution >= 4 is 0 Å². The molecule has 2 nitrogen and oxygen atoms in total. The number of nitrogens with two attached hydrogens (primary N) is 1. The molecule has 1 aromatic carbocycles. The summed E-state index contributed by atoms with van der Waals surface area (Å²) in [6.45, 7) is 1.71. The summed E-state index contributed by atoms with van der Waals surface area (Å²) in [7, 11) is 0. The van der Waals surface area contributed by atoms with Crippen LogP contribution in [0.2, 0.25) is 0 Å². The average Bonchev–Trinajstić information content (AvgIpc) is 2.77. The van der Waals surface area contributed by atoms with Gasteiger partial charge in [-0.25, -0.2) is 0 Å². The van der Waals surface area contributed by atoms with E-state index in [1.165, 1.54) is 18.2 Å². The van der Waals surface area contributed by atoms with Crippen LogP contribution in [0.25, 0.3) is 11.3 Å². The molecule has 0 saturated heterocycles. The molecular formula is C13H12F3NO. The lowest BCUT2D eigenvalue weighted by Gasteiger charge is -2.10. The number of alkyl halides is 3. The molecule has 5 heteroatoms. The van der Waals surface area contributed by atoms with Crippen LogP contribution in [-0.4, -0.2) is 0 Å². The molecule has 2 N–H and O–H groups in total. The van der Waals surface area contributed by atoms with Crippen LogP contribution in [-0.2, 0) is 6.18 Å². The molecule has 0 aliphatic rings. The van der Waals surface area contributed by atoms with Gasteiger partial charge in [-0.1, -0.05) is 18.2 Å². The SMILES string of the molecule is CC(N)c1ccc(-c2ccccc2C(F)(F)F)o1. The molecule has 1 unspecified atom stereocenters. The van der Waals surface area contributed by atoms with Crippen LogP contribution >= 0.6 is 0 Å². The molecule has 2 aromatic rings. The van der Waals surface area contributed by atoms with Gasteiger partial charge in [0.15, 0.2) is 0 Å². The fraction of sp³-hybridized carbons (Fsp3) is 0.231. The van der Waals surface area contributed by atoms with E-state index in [-0.39, 0.29) is 17.4 Å². The lowest BCUT2D eigenvalue weighted by atomic mass is 10.1. The van der Waals surface area contributed by atoms with E-state index in [1.807, 2.05) is 0 Å². The van der Waals surface area contributed by atoms with Gasteiger partial charge in [0.25, 0.3) is 0 Å². The summed E-state index contributed by atoms with van der Waals surface area (Å²) in [5.41, 5.74) is 4.93. The van der Waals surface area contributed by atoms with Gasteiger partial charge >= 0.3 is 6.18 Å². The van der Waals surface area contributed by atoms with Crippen molar-refractivity contribution in [2.75, 3.05) is 0 Å². The summed E-state index contributed by atoms with van der Waals surface area (Å²) in [4.78, 5) is 0. The van der Waals surface area contributed by atoms with E-state index in [9.17, 15) is 13.2 Å². The lowest BCUT2D eigenvalue weighted by Crippen LogP contribution is -2.06. The van der Waals surface area contributed by atoms with Crippen LogP contribution in [0.3, 0.4) is 0 Å². The molecule has 0 radical (unpaired) electrons. The summed E-state index contributed by atoms with van der Waals surface area (Å²) in [5.74, 6) is 0.636. The van der Waals surface area contributed by atoms with Gasteiger partial charge in [0, 0.05) is 5.56 Å². The maximum atomic E-state index is 12.8. The first kappa shape index (κ1) is 12.7. The van der Waals surface area contributed by atoms with Gasteiger partial charge in [-0.05, 0) is 25.1 Å². The highest BCUT2D eigenvalue weighted by Crippen LogP contribution is 2.37. The second kappa shape index (κ2) is 4.49. The van der Waals surface area contributed by atoms with E-state index in [0.29, 0.717) is 5.76 Å². The van der Waals surface area contributed by atoms with Crippen molar-refractivity contribution in [3.63, 3.8) is 0 Å². The maximum Gasteiger partial charge on any atom is 0.417 e. The van der Waals surface area contributed by atoms with E-state index in [0.717, 1.165) is 6.07 Å². The summed E-state index contributed by atoms with van der Waals surface area (Å²) < 4.78 is 43.8. The quantitative estimate of drug-likeness (QED) is 0.881. The fourth-order valence-electron chi connectivity index (χ4n) is 1.69. The molecular weight excluding hydrogens is 243 g/mol. The molecule has 96 valence electrons. The summed E-state index contributed by atoms with van der Waals surface area (Å²) in [6, 6.07) is 8.05. The Bertz CT molecular complexity index is 543. The Morgan fingerprint density at radius 2 is 1.78 bits per heavy atom. The van der Waals surface area contributed by atoms with E-state index >= 15 is 0 Å². The predicted octanol–water partition coefficient (Wildman–Crippen LogP) is 3.99. The van der Waals surface area contributed by atoms with Crippen molar-refractivity contribution in [2.24, 2.45) is 5.73 Å². The summed E-state index contributed by atoms with van der Waals surface area (Å²) in [6.07, 6.45) is -4.40. The zero-order valence-corrected chi connectivity index (χ0v) is 9.66. The summed E-state index contributed by atoms with van der Waals surface area (Å²) in [5, 5.41) is 0. The molecule has 1 heterocycles. The number of furan rings is 1. The Labute approximate surface area is 102 Å². The van der Waals surface area contributed by atoms with Gasteiger partial charge in [-0.2, -0.15) is 13.2 Å². The Morgan fingerprint density at radius 1 is 1.11 bits per heavy atom. The van der Waals surface area contributed by atoms with E-state index in [2.05, 4.69) is 0 Å². The molecule has 1 atom stereocenters. The van der Waals surface area contributed by atoms with Gasteiger partial charge in [0.05, 0.1) is 11.6 Å². The Kier molecular flexibility index (Phi) is 3.17. The molecule has 2 rings (SSSR count). The van der Waals surface area contributed by atoms with Crippen LogP contribution in [0.15, 0.2) is 40.8 Å². The highest BCUT2D eigenvalue weighted by molar-refractivity contribution is 5.63. The zero-order valence-electron chi connectivity index (χ0n) is 9.66. The van der Waals surface area contributed by atoms with Crippen LogP contribution in [0.4, 0.5) is 13.2 Å². The third-order valence-corrected chi connectivity index (χ3v) is 2.57. The van der Waals surface area contributed by atoms with Gasteiger partial charge in [-0.3, -0.25) is 0 Å². The molecule has 0 bridgehead atoms. The Hall–Kier alpha value is -1.75. The van der Waals surface area contributed by atoms with Gasteiger partial charge in [0.1, 0.15) is 11.5 Å². The molecule has 0 aliphatic heterocycles. The Morgan fingerprint density at radius 3 is 2.33 bits per heavy atom. The van der Waals surface area contributed by atoms with Gasteiger partial charge in [0.2, 0.25) is 0 Å². The van der Waals surface area contributed by atoms with Crippen molar-refractivity contribution in [2.45, 2.75) is 19.1 Å². The van der Waals surface area contributed by atoms with Gasteiger partial charge in [-0.15, -0.1) is 0 Å².